The van der Waals surface area contributed by atoms with E-state index in [4.69, 9.17) is 0 Å². The molecule has 2 aromatic carbocycles. The fraction of sp³-hybridized carbons (Fsp3) is 0.105. The smallest absolute Gasteiger partial charge is 0.187 e. The van der Waals surface area contributed by atoms with Crippen LogP contribution in [0, 0.1) is 0 Å². The zero-order chi connectivity index (χ0) is 16.8. The summed E-state index contributed by atoms with van der Waals surface area (Å²) in [5.41, 5.74) is 7.73. The van der Waals surface area contributed by atoms with Crippen LogP contribution in [0.2, 0.25) is 0 Å². The van der Waals surface area contributed by atoms with E-state index in [1.165, 1.54) is 11.8 Å². The molecule has 0 bridgehead atoms. The second-order valence-electron chi connectivity index (χ2n) is 5.16. The number of nitrogens with zero attached hydrogens (tertiary/aromatic N) is 3. The van der Waals surface area contributed by atoms with Crippen LogP contribution in [0.3, 0.4) is 0 Å². The standard InChI is InChI=1S/C19H18N4S/c1-14(22-23-16-11-7-4-8-12-16)17-13-20-19(24-2)21-18(17)15-9-5-3-6-10-15/h3-13,23H,1-2H3/b22-14+. The molecule has 3 rings (SSSR count). The van der Waals surface area contributed by atoms with Gasteiger partial charge in [0.2, 0.25) is 0 Å². The third-order valence-electron chi connectivity index (χ3n) is 3.51. The van der Waals surface area contributed by atoms with E-state index in [9.17, 15) is 0 Å². The number of aromatic nitrogens is 2. The Morgan fingerprint density at radius 2 is 1.67 bits per heavy atom. The number of para-hydroxylation sites is 1. The Morgan fingerprint density at radius 3 is 2.33 bits per heavy atom. The van der Waals surface area contributed by atoms with Gasteiger partial charge in [-0.1, -0.05) is 60.3 Å². The average molecular weight is 334 g/mol. The number of benzene rings is 2. The number of thioether (sulfide) groups is 1. The summed E-state index contributed by atoms with van der Waals surface area (Å²) in [6, 6.07) is 20.0. The lowest BCUT2D eigenvalue weighted by Gasteiger charge is -2.10. The Balaban J connectivity index is 1.97. The number of rotatable bonds is 5. The molecule has 0 saturated heterocycles. The van der Waals surface area contributed by atoms with Crippen LogP contribution < -0.4 is 5.43 Å². The molecule has 0 amide bonds. The van der Waals surface area contributed by atoms with Crippen molar-refractivity contribution in [3.63, 3.8) is 0 Å². The zero-order valence-electron chi connectivity index (χ0n) is 13.6. The summed E-state index contributed by atoms with van der Waals surface area (Å²) < 4.78 is 0. The molecule has 0 radical (unpaired) electrons. The second-order valence-corrected chi connectivity index (χ2v) is 5.93. The lowest BCUT2D eigenvalue weighted by Crippen LogP contribution is -2.05. The first kappa shape index (κ1) is 16.2. The Morgan fingerprint density at radius 1 is 1.00 bits per heavy atom. The number of hydrogen-bond acceptors (Lipinski definition) is 5. The highest BCUT2D eigenvalue weighted by molar-refractivity contribution is 7.98. The van der Waals surface area contributed by atoms with E-state index in [0.29, 0.717) is 0 Å². The van der Waals surface area contributed by atoms with Gasteiger partial charge in [0.1, 0.15) is 0 Å². The van der Waals surface area contributed by atoms with Crippen molar-refractivity contribution in [2.75, 3.05) is 11.7 Å². The molecule has 24 heavy (non-hydrogen) atoms. The molecule has 5 heteroatoms. The van der Waals surface area contributed by atoms with E-state index < -0.39 is 0 Å². The number of nitrogens with one attached hydrogen (secondary N) is 1. The van der Waals surface area contributed by atoms with Crippen molar-refractivity contribution in [1.82, 2.24) is 9.97 Å². The minimum absolute atomic E-state index is 0.751. The van der Waals surface area contributed by atoms with E-state index in [2.05, 4.69) is 20.5 Å². The van der Waals surface area contributed by atoms with Crippen LogP contribution in [0.1, 0.15) is 12.5 Å². The minimum Gasteiger partial charge on any atom is -0.278 e. The maximum Gasteiger partial charge on any atom is 0.187 e. The predicted octanol–water partition coefficient (Wildman–Crippen LogP) is 4.70. The molecule has 0 aliphatic carbocycles. The fourth-order valence-electron chi connectivity index (χ4n) is 2.27. The molecule has 0 fully saturated rings. The minimum atomic E-state index is 0.751. The molecule has 3 aromatic rings. The Hall–Kier alpha value is -2.66. The van der Waals surface area contributed by atoms with E-state index in [-0.39, 0.29) is 0 Å². The van der Waals surface area contributed by atoms with Crippen molar-refractivity contribution >= 4 is 23.2 Å². The number of hydrazone groups is 1. The molecule has 1 aromatic heterocycles. The van der Waals surface area contributed by atoms with Crippen LogP contribution >= 0.6 is 11.8 Å². The van der Waals surface area contributed by atoms with Crippen molar-refractivity contribution in [2.45, 2.75) is 12.1 Å². The van der Waals surface area contributed by atoms with Gasteiger partial charge in [0, 0.05) is 17.3 Å². The van der Waals surface area contributed by atoms with E-state index in [1.54, 1.807) is 0 Å². The lowest BCUT2D eigenvalue weighted by atomic mass is 10.0. The van der Waals surface area contributed by atoms with Crippen LogP contribution in [0.15, 0.2) is 77.1 Å². The van der Waals surface area contributed by atoms with Crippen molar-refractivity contribution in [3.8, 4) is 11.3 Å². The summed E-state index contributed by atoms with van der Waals surface area (Å²) >= 11 is 1.53. The average Bonchev–Trinajstić information content (AvgIpc) is 2.67. The number of anilines is 1. The maximum atomic E-state index is 4.68. The highest BCUT2D eigenvalue weighted by Crippen LogP contribution is 2.24. The third kappa shape index (κ3) is 3.81. The summed E-state index contributed by atoms with van der Waals surface area (Å²) in [5, 5.41) is 5.24. The van der Waals surface area contributed by atoms with E-state index in [1.807, 2.05) is 80.0 Å². The molecule has 1 N–H and O–H groups in total. The van der Waals surface area contributed by atoms with Gasteiger partial charge in [-0.3, -0.25) is 5.43 Å². The third-order valence-corrected chi connectivity index (χ3v) is 4.07. The highest BCUT2D eigenvalue weighted by Gasteiger charge is 2.12. The van der Waals surface area contributed by atoms with Crippen molar-refractivity contribution in [2.24, 2.45) is 5.10 Å². The molecular weight excluding hydrogens is 316 g/mol. The maximum absolute atomic E-state index is 4.68. The highest BCUT2D eigenvalue weighted by atomic mass is 32.2. The Bertz CT molecular complexity index is 833. The molecule has 4 nitrogen and oxygen atoms in total. The molecule has 0 spiro atoms. The van der Waals surface area contributed by atoms with Crippen LogP contribution in [0.25, 0.3) is 11.3 Å². The molecular formula is C19H18N4S. The van der Waals surface area contributed by atoms with Gasteiger partial charge in [-0.25, -0.2) is 9.97 Å². The van der Waals surface area contributed by atoms with Crippen LogP contribution in [-0.2, 0) is 0 Å². The normalized spacial score (nSPS) is 11.3. The Labute approximate surface area is 146 Å². The molecule has 0 unspecified atom stereocenters. The largest absolute Gasteiger partial charge is 0.278 e. The monoisotopic (exact) mass is 334 g/mol. The molecule has 1 heterocycles. The quantitative estimate of drug-likeness (QED) is 0.318. The van der Waals surface area contributed by atoms with Gasteiger partial charge in [0.25, 0.3) is 0 Å². The van der Waals surface area contributed by atoms with Crippen molar-refractivity contribution in [3.05, 3.63) is 72.4 Å². The van der Waals surface area contributed by atoms with Crippen LogP contribution in [0.5, 0.6) is 0 Å². The molecule has 0 atom stereocenters. The van der Waals surface area contributed by atoms with E-state index in [0.717, 1.165) is 33.4 Å². The van der Waals surface area contributed by atoms with Gasteiger partial charge < -0.3 is 0 Å². The summed E-state index contributed by atoms with van der Waals surface area (Å²) in [5.74, 6) is 0. The molecule has 0 aliphatic heterocycles. The molecule has 0 saturated carbocycles. The molecule has 0 aliphatic rings. The number of hydrogen-bond donors (Lipinski definition) is 1. The first-order chi connectivity index (χ1) is 11.8. The van der Waals surface area contributed by atoms with Gasteiger partial charge in [-0.15, -0.1) is 0 Å². The summed E-state index contributed by atoms with van der Waals surface area (Å²) in [6.07, 6.45) is 3.81. The summed E-state index contributed by atoms with van der Waals surface area (Å²) in [7, 11) is 0. The fourth-order valence-corrected chi connectivity index (χ4v) is 2.61. The topological polar surface area (TPSA) is 50.2 Å². The van der Waals surface area contributed by atoms with Gasteiger partial charge in [-0.2, -0.15) is 5.10 Å². The van der Waals surface area contributed by atoms with Crippen LogP contribution in [-0.4, -0.2) is 21.9 Å². The Kier molecular flexibility index (Phi) is 5.23. The first-order valence-corrected chi connectivity index (χ1v) is 8.82. The van der Waals surface area contributed by atoms with Crippen molar-refractivity contribution in [1.29, 1.82) is 0 Å². The van der Waals surface area contributed by atoms with Gasteiger partial charge >= 0.3 is 0 Å². The predicted molar refractivity (Wildman–Crippen MR) is 102 cm³/mol. The van der Waals surface area contributed by atoms with Crippen molar-refractivity contribution < 1.29 is 0 Å². The SMILES string of the molecule is CSc1ncc(/C(C)=N/Nc2ccccc2)c(-c2ccccc2)n1. The second kappa shape index (κ2) is 7.75. The first-order valence-electron chi connectivity index (χ1n) is 7.60. The van der Waals surface area contributed by atoms with Crippen LogP contribution in [0.4, 0.5) is 5.69 Å². The van der Waals surface area contributed by atoms with Gasteiger partial charge in [0.15, 0.2) is 5.16 Å². The van der Waals surface area contributed by atoms with Gasteiger partial charge in [0.05, 0.1) is 17.1 Å². The summed E-state index contributed by atoms with van der Waals surface area (Å²) in [6.45, 7) is 1.96. The van der Waals surface area contributed by atoms with Gasteiger partial charge in [-0.05, 0) is 25.3 Å². The summed E-state index contributed by atoms with van der Waals surface area (Å²) in [4.78, 5) is 9.08. The molecule has 120 valence electrons. The zero-order valence-corrected chi connectivity index (χ0v) is 14.4. The lowest BCUT2D eigenvalue weighted by molar-refractivity contribution is 0.971. The van der Waals surface area contributed by atoms with E-state index >= 15 is 0 Å².